The van der Waals surface area contributed by atoms with Crippen LogP contribution in [0.4, 0.5) is 0 Å². The van der Waals surface area contributed by atoms with Crippen LogP contribution in [0.2, 0.25) is 0 Å². The van der Waals surface area contributed by atoms with Gasteiger partial charge in [-0.3, -0.25) is 0 Å². The molecule has 0 radical (unpaired) electrons. The molecule has 130 valence electrons. The van der Waals surface area contributed by atoms with Gasteiger partial charge in [-0.1, -0.05) is 43.7 Å². The van der Waals surface area contributed by atoms with Gasteiger partial charge in [-0.15, -0.1) is 0 Å². The minimum Gasteiger partial charge on any atom is -0.482 e. The monoisotopic (exact) mass is 466 g/mol. The summed E-state index contributed by atoms with van der Waals surface area (Å²) in [6, 6.07) is 11.2. The van der Waals surface area contributed by atoms with Crippen molar-refractivity contribution in [1.29, 1.82) is 0 Å². The molecule has 0 saturated carbocycles. The van der Waals surface area contributed by atoms with E-state index in [1.54, 1.807) is 12.1 Å². The Kier molecular flexibility index (Phi) is 7.35. The molecule has 6 heteroatoms. The number of aryl methyl sites for hydroxylation is 1. The number of hydrogen-bond acceptors (Lipinski definition) is 4. The molecule has 0 atom stereocenters. The van der Waals surface area contributed by atoms with E-state index in [9.17, 15) is 4.79 Å². The zero-order chi connectivity index (χ0) is 18.2. The van der Waals surface area contributed by atoms with Crippen molar-refractivity contribution < 1.29 is 19.0 Å². The van der Waals surface area contributed by atoms with Crippen LogP contribution < -0.4 is 9.47 Å². The number of ether oxygens (including phenoxy) is 3. The van der Waals surface area contributed by atoms with E-state index in [-0.39, 0.29) is 13.2 Å². The van der Waals surface area contributed by atoms with Crippen LogP contribution in [0.5, 0.6) is 11.5 Å². The van der Waals surface area contributed by atoms with Crippen molar-refractivity contribution in [2.24, 2.45) is 0 Å². The Balaban J connectivity index is 1.92. The van der Waals surface area contributed by atoms with Crippen molar-refractivity contribution in [3.8, 4) is 23.3 Å². The highest BCUT2D eigenvalue weighted by molar-refractivity contribution is 9.11. The molecule has 2 aromatic carbocycles. The zero-order valence-corrected chi connectivity index (χ0v) is 16.9. The lowest BCUT2D eigenvalue weighted by Gasteiger charge is -2.09. The highest BCUT2D eigenvalue weighted by Gasteiger charge is 2.05. The number of carbonyl (C=O) groups excluding carboxylic acids is 1. The van der Waals surface area contributed by atoms with E-state index in [0.717, 1.165) is 20.1 Å². The maximum atomic E-state index is 11.1. The van der Waals surface area contributed by atoms with Crippen molar-refractivity contribution in [1.82, 2.24) is 0 Å². The van der Waals surface area contributed by atoms with Gasteiger partial charge in [0, 0.05) is 14.5 Å². The standard InChI is InChI=1S/C19H16Br2O4/c1-13-8-17(5-6-18(13)25-12-19(22)23-2)24-7-3-4-14-9-15(20)11-16(21)10-14/h5-6,8-11H,7,12H2,1-2H3. The summed E-state index contributed by atoms with van der Waals surface area (Å²) >= 11 is 6.86. The fourth-order valence-electron chi connectivity index (χ4n) is 1.95. The number of hydrogen-bond donors (Lipinski definition) is 0. The molecule has 0 aromatic heterocycles. The van der Waals surface area contributed by atoms with Crippen molar-refractivity contribution in [3.05, 3.63) is 56.5 Å². The Hall–Kier alpha value is -1.97. The lowest BCUT2D eigenvalue weighted by atomic mass is 10.2. The molecular formula is C19H16Br2O4. The molecular weight excluding hydrogens is 452 g/mol. The largest absolute Gasteiger partial charge is 0.482 e. The molecule has 0 aliphatic carbocycles. The van der Waals surface area contributed by atoms with Gasteiger partial charge in [0.05, 0.1) is 7.11 Å². The van der Waals surface area contributed by atoms with Crippen LogP contribution in [0.3, 0.4) is 0 Å². The number of carbonyl (C=O) groups is 1. The first kappa shape index (κ1) is 19.4. The molecule has 0 N–H and O–H groups in total. The molecule has 0 aliphatic heterocycles. The number of benzene rings is 2. The second-order valence-electron chi connectivity index (χ2n) is 5.04. The van der Waals surface area contributed by atoms with Gasteiger partial charge in [-0.05, 0) is 48.9 Å². The summed E-state index contributed by atoms with van der Waals surface area (Å²) < 4.78 is 17.5. The Morgan fingerprint density at radius 3 is 2.44 bits per heavy atom. The summed E-state index contributed by atoms with van der Waals surface area (Å²) in [5.41, 5.74) is 1.76. The fraction of sp³-hybridized carbons (Fsp3) is 0.211. The maximum absolute atomic E-state index is 11.1. The van der Waals surface area contributed by atoms with Crippen LogP contribution >= 0.6 is 31.9 Å². The highest BCUT2D eigenvalue weighted by atomic mass is 79.9. The van der Waals surface area contributed by atoms with Crippen molar-refractivity contribution in [2.75, 3.05) is 20.3 Å². The normalized spacial score (nSPS) is 9.76. The van der Waals surface area contributed by atoms with Gasteiger partial charge in [-0.25, -0.2) is 4.79 Å². The molecule has 0 saturated heterocycles. The quantitative estimate of drug-likeness (QED) is 0.479. The molecule has 2 aromatic rings. The fourth-order valence-corrected chi connectivity index (χ4v) is 3.25. The highest BCUT2D eigenvalue weighted by Crippen LogP contribution is 2.23. The smallest absolute Gasteiger partial charge is 0.343 e. The molecule has 25 heavy (non-hydrogen) atoms. The van der Waals surface area contributed by atoms with E-state index < -0.39 is 5.97 Å². The predicted molar refractivity (Wildman–Crippen MR) is 103 cm³/mol. The zero-order valence-electron chi connectivity index (χ0n) is 13.8. The number of methoxy groups -OCH3 is 1. The second-order valence-corrected chi connectivity index (χ2v) is 6.87. The summed E-state index contributed by atoms with van der Waals surface area (Å²) in [6.45, 7) is 2.03. The van der Waals surface area contributed by atoms with Crippen LogP contribution in [0.15, 0.2) is 45.3 Å². The van der Waals surface area contributed by atoms with Gasteiger partial charge in [0.1, 0.15) is 18.1 Å². The summed E-state index contributed by atoms with van der Waals surface area (Å²) in [7, 11) is 1.32. The summed E-state index contributed by atoms with van der Waals surface area (Å²) in [4.78, 5) is 11.1. The van der Waals surface area contributed by atoms with Crippen LogP contribution in [0.25, 0.3) is 0 Å². The topological polar surface area (TPSA) is 44.8 Å². The molecule has 0 fully saturated rings. The number of rotatable bonds is 5. The van der Waals surface area contributed by atoms with Crippen LogP contribution in [0, 0.1) is 18.8 Å². The van der Waals surface area contributed by atoms with Crippen molar-refractivity contribution >= 4 is 37.8 Å². The molecule has 0 heterocycles. The van der Waals surface area contributed by atoms with Crippen molar-refractivity contribution in [3.63, 3.8) is 0 Å². The first-order chi connectivity index (χ1) is 12.0. The van der Waals surface area contributed by atoms with Crippen LogP contribution in [0.1, 0.15) is 11.1 Å². The van der Waals surface area contributed by atoms with E-state index in [4.69, 9.17) is 9.47 Å². The lowest BCUT2D eigenvalue weighted by Crippen LogP contribution is -2.13. The van der Waals surface area contributed by atoms with E-state index in [1.807, 2.05) is 31.2 Å². The average molecular weight is 468 g/mol. The second kappa shape index (κ2) is 9.50. The summed E-state index contributed by atoms with van der Waals surface area (Å²) in [6.07, 6.45) is 0. The predicted octanol–water partition coefficient (Wildman–Crippen LogP) is 4.50. The van der Waals surface area contributed by atoms with Crippen molar-refractivity contribution in [2.45, 2.75) is 6.92 Å². The first-order valence-corrected chi connectivity index (χ1v) is 8.94. The van der Waals surface area contributed by atoms with Crippen LogP contribution in [-0.2, 0) is 9.53 Å². The summed E-state index contributed by atoms with van der Waals surface area (Å²) in [5.74, 6) is 6.91. The minimum absolute atomic E-state index is 0.120. The molecule has 0 unspecified atom stereocenters. The van der Waals surface area contributed by atoms with Gasteiger partial charge in [0.25, 0.3) is 0 Å². The Morgan fingerprint density at radius 1 is 1.08 bits per heavy atom. The van der Waals surface area contributed by atoms with E-state index >= 15 is 0 Å². The molecule has 0 bridgehead atoms. The van der Waals surface area contributed by atoms with Gasteiger partial charge >= 0.3 is 5.97 Å². The molecule has 0 amide bonds. The van der Waals surface area contributed by atoms with Gasteiger partial charge < -0.3 is 14.2 Å². The Labute approximate surface area is 163 Å². The average Bonchev–Trinajstić information content (AvgIpc) is 2.56. The third kappa shape index (κ3) is 6.45. The van der Waals surface area contributed by atoms with E-state index in [1.165, 1.54) is 7.11 Å². The van der Waals surface area contributed by atoms with E-state index in [0.29, 0.717) is 11.5 Å². The Morgan fingerprint density at radius 2 is 1.80 bits per heavy atom. The van der Waals surface area contributed by atoms with Gasteiger partial charge in [0.15, 0.2) is 6.61 Å². The van der Waals surface area contributed by atoms with E-state index in [2.05, 4.69) is 48.4 Å². The van der Waals surface area contributed by atoms with Gasteiger partial charge in [0.2, 0.25) is 0 Å². The number of esters is 1. The van der Waals surface area contributed by atoms with Gasteiger partial charge in [-0.2, -0.15) is 0 Å². The number of halogens is 2. The maximum Gasteiger partial charge on any atom is 0.343 e. The molecule has 4 nitrogen and oxygen atoms in total. The first-order valence-electron chi connectivity index (χ1n) is 7.36. The SMILES string of the molecule is COC(=O)COc1ccc(OCC#Cc2cc(Br)cc(Br)c2)cc1C. The third-order valence-electron chi connectivity index (χ3n) is 3.13. The molecule has 2 rings (SSSR count). The lowest BCUT2D eigenvalue weighted by molar-refractivity contribution is -0.142. The third-order valence-corrected chi connectivity index (χ3v) is 4.04. The molecule has 0 aliphatic rings. The minimum atomic E-state index is -0.422. The molecule has 0 spiro atoms. The summed E-state index contributed by atoms with van der Waals surface area (Å²) in [5, 5.41) is 0. The van der Waals surface area contributed by atoms with Crippen LogP contribution in [-0.4, -0.2) is 26.3 Å². The Bertz CT molecular complexity index is 802.